The maximum absolute atomic E-state index is 12.8. The van der Waals surface area contributed by atoms with Crippen molar-refractivity contribution in [3.05, 3.63) is 76.2 Å². The maximum Gasteiger partial charge on any atom is 0.326 e. The second-order valence-corrected chi connectivity index (χ2v) is 6.36. The molecule has 0 aliphatic heterocycles. The van der Waals surface area contributed by atoms with E-state index in [-0.39, 0.29) is 5.56 Å². The fourth-order valence-electron chi connectivity index (χ4n) is 3.05. The zero-order chi connectivity index (χ0) is 18.7. The Morgan fingerprint density at radius 1 is 1.15 bits per heavy atom. The molecule has 3 aromatic rings. The van der Waals surface area contributed by atoms with Gasteiger partial charge in [0.1, 0.15) is 11.8 Å². The highest BCUT2D eigenvalue weighted by Crippen LogP contribution is 2.20. The van der Waals surface area contributed by atoms with Gasteiger partial charge >= 0.3 is 5.97 Å². The molecule has 5 nitrogen and oxygen atoms in total. The molecule has 0 fully saturated rings. The second kappa shape index (κ2) is 7.44. The molecule has 26 heavy (non-hydrogen) atoms. The quantitative estimate of drug-likeness (QED) is 0.737. The molecule has 0 spiro atoms. The summed E-state index contributed by atoms with van der Waals surface area (Å²) >= 11 is 0. The summed E-state index contributed by atoms with van der Waals surface area (Å²) in [7, 11) is 1.56. The number of ether oxygens (including phenoxy) is 1. The van der Waals surface area contributed by atoms with Crippen LogP contribution in [0.3, 0.4) is 0 Å². The Balaban J connectivity index is 1.92. The number of pyridine rings is 1. The van der Waals surface area contributed by atoms with Crippen molar-refractivity contribution < 1.29 is 14.6 Å². The molecule has 134 valence electrons. The molecule has 1 atom stereocenters. The van der Waals surface area contributed by atoms with Gasteiger partial charge in [-0.05, 0) is 55.0 Å². The predicted octanol–water partition coefficient (Wildman–Crippen LogP) is 3.58. The molecule has 0 aliphatic carbocycles. The molecule has 1 aromatic heterocycles. The summed E-state index contributed by atoms with van der Waals surface area (Å²) in [5.74, 6) is -0.351. The number of carboxylic acid groups (broad SMARTS) is 1. The first-order chi connectivity index (χ1) is 12.5. The number of rotatable bonds is 6. The number of aryl methyl sites for hydroxylation is 2. The number of carboxylic acids is 1. The lowest BCUT2D eigenvalue weighted by atomic mass is 10.0. The Kier molecular flexibility index (Phi) is 5.07. The number of fused-ring (bicyclic) bond motifs is 1. The minimum absolute atomic E-state index is 0.304. The fraction of sp³-hybridized carbons (Fsp3) is 0.238. The molecule has 0 aliphatic rings. The van der Waals surface area contributed by atoms with Gasteiger partial charge in [0.15, 0.2) is 0 Å². The maximum atomic E-state index is 12.8. The topological polar surface area (TPSA) is 68.5 Å². The number of methoxy groups -OCH3 is 1. The van der Waals surface area contributed by atoms with E-state index in [2.05, 4.69) is 0 Å². The van der Waals surface area contributed by atoms with Crippen LogP contribution in [0.15, 0.2) is 59.5 Å². The SMILES string of the molecule is COc1ccc2c(=O)n(C(CCc3ccc(C)cc3)C(=O)O)ccc2c1. The number of hydrogen-bond donors (Lipinski definition) is 1. The smallest absolute Gasteiger partial charge is 0.326 e. The third kappa shape index (κ3) is 3.61. The van der Waals surface area contributed by atoms with E-state index in [1.54, 1.807) is 37.6 Å². The van der Waals surface area contributed by atoms with Crippen LogP contribution >= 0.6 is 0 Å². The lowest BCUT2D eigenvalue weighted by Gasteiger charge is -2.16. The predicted molar refractivity (Wildman–Crippen MR) is 101 cm³/mol. The van der Waals surface area contributed by atoms with Crippen molar-refractivity contribution in [3.8, 4) is 5.75 Å². The van der Waals surface area contributed by atoms with Gasteiger partial charge in [0, 0.05) is 11.6 Å². The van der Waals surface area contributed by atoms with Crippen LogP contribution < -0.4 is 10.3 Å². The lowest BCUT2D eigenvalue weighted by Crippen LogP contribution is -2.30. The molecular formula is C21H21NO4. The molecule has 0 saturated carbocycles. The molecular weight excluding hydrogens is 330 g/mol. The monoisotopic (exact) mass is 351 g/mol. The molecule has 1 heterocycles. The summed E-state index contributed by atoms with van der Waals surface area (Å²) in [5, 5.41) is 10.9. The summed E-state index contributed by atoms with van der Waals surface area (Å²) in [6.07, 6.45) is 2.49. The summed E-state index contributed by atoms with van der Waals surface area (Å²) < 4.78 is 6.48. The normalized spacial score (nSPS) is 12.1. The minimum Gasteiger partial charge on any atom is -0.497 e. The highest BCUT2D eigenvalue weighted by atomic mass is 16.5. The third-order valence-electron chi connectivity index (χ3n) is 4.59. The zero-order valence-corrected chi connectivity index (χ0v) is 14.8. The molecule has 5 heteroatoms. The third-order valence-corrected chi connectivity index (χ3v) is 4.59. The number of aromatic nitrogens is 1. The molecule has 3 rings (SSSR count). The number of benzene rings is 2. The molecule has 0 amide bonds. The Bertz CT molecular complexity index is 989. The van der Waals surface area contributed by atoms with E-state index in [1.807, 2.05) is 31.2 Å². The van der Waals surface area contributed by atoms with Crippen LogP contribution in [0.1, 0.15) is 23.6 Å². The zero-order valence-electron chi connectivity index (χ0n) is 14.8. The van der Waals surface area contributed by atoms with E-state index in [4.69, 9.17) is 4.74 Å². The van der Waals surface area contributed by atoms with E-state index in [1.165, 1.54) is 4.57 Å². The highest BCUT2D eigenvalue weighted by Gasteiger charge is 2.21. The second-order valence-electron chi connectivity index (χ2n) is 6.36. The van der Waals surface area contributed by atoms with Gasteiger partial charge in [-0.1, -0.05) is 29.8 Å². The first-order valence-corrected chi connectivity index (χ1v) is 8.47. The van der Waals surface area contributed by atoms with Crippen LogP contribution in [-0.4, -0.2) is 22.8 Å². The van der Waals surface area contributed by atoms with Crippen LogP contribution in [0.25, 0.3) is 10.8 Å². The van der Waals surface area contributed by atoms with Gasteiger partial charge in [-0.2, -0.15) is 0 Å². The van der Waals surface area contributed by atoms with E-state index < -0.39 is 12.0 Å². The van der Waals surface area contributed by atoms with Crippen LogP contribution in [-0.2, 0) is 11.2 Å². The van der Waals surface area contributed by atoms with Crippen molar-refractivity contribution in [3.63, 3.8) is 0 Å². The van der Waals surface area contributed by atoms with Crippen molar-refractivity contribution >= 4 is 16.7 Å². The summed E-state index contributed by atoms with van der Waals surface area (Å²) in [6, 6.07) is 14.0. The average molecular weight is 351 g/mol. The van der Waals surface area contributed by atoms with Gasteiger partial charge in [-0.15, -0.1) is 0 Å². The van der Waals surface area contributed by atoms with E-state index >= 15 is 0 Å². The van der Waals surface area contributed by atoms with Gasteiger partial charge in [0.25, 0.3) is 5.56 Å². The summed E-state index contributed by atoms with van der Waals surface area (Å²) in [6.45, 7) is 2.01. The Hall–Kier alpha value is -3.08. The fourth-order valence-corrected chi connectivity index (χ4v) is 3.05. The van der Waals surface area contributed by atoms with Crippen molar-refractivity contribution in [2.45, 2.75) is 25.8 Å². The first-order valence-electron chi connectivity index (χ1n) is 8.47. The van der Waals surface area contributed by atoms with Gasteiger partial charge in [0.2, 0.25) is 0 Å². The standard InChI is InChI=1S/C21H21NO4/c1-14-3-5-15(6-4-14)7-10-19(21(24)25)22-12-11-16-13-17(26-2)8-9-18(16)20(22)23/h3-6,8-9,11-13,19H,7,10H2,1-2H3,(H,24,25). The summed E-state index contributed by atoms with van der Waals surface area (Å²) in [5.41, 5.74) is 1.91. The number of carbonyl (C=O) groups is 1. The molecule has 1 N–H and O–H groups in total. The molecule has 0 radical (unpaired) electrons. The largest absolute Gasteiger partial charge is 0.497 e. The van der Waals surface area contributed by atoms with Crippen molar-refractivity contribution in [2.75, 3.05) is 7.11 Å². The first kappa shape index (κ1) is 17.7. The van der Waals surface area contributed by atoms with Crippen molar-refractivity contribution in [1.82, 2.24) is 4.57 Å². The highest BCUT2D eigenvalue weighted by molar-refractivity contribution is 5.83. The van der Waals surface area contributed by atoms with Gasteiger partial charge in [-0.3, -0.25) is 4.79 Å². The van der Waals surface area contributed by atoms with Crippen LogP contribution in [0.5, 0.6) is 5.75 Å². The summed E-state index contributed by atoms with van der Waals surface area (Å²) in [4.78, 5) is 24.6. The van der Waals surface area contributed by atoms with Gasteiger partial charge in [0.05, 0.1) is 7.11 Å². The molecule has 1 unspecified atom stereocenters. The number of nitrogens with zero attached hydrogens (tertiary/aromatic N) is 1. The van der Waals surface area contributed by atoms with E-state index in [9.17, 15) is 14.7 Å². The van der Waals surface area contributed by atoms with Gasteiger partial charge < -0.3 is 14.4 Å². The molecule has 2 aromatic carbocycles. The number of aliphatic carboxylic acids is 1. The van der Waals surface area contributed by atoms with Crippen LogP contribution in [0.2, 0.25) is 0 Å². The number of hydrogen-bond acceptors (Lipinski definition) is 3. The van der Waals surface area contributed by atoms with E-state index in [0.29, 0.717) is 24.0 Å². The molecule has 0 saturated heterocycles. The Morgan fingerprint density at radius 3 is 2.54 bits per heavy atom. The van der Waals surface area contributed by atoms with Gasteiger partial charge in [-0.25, -0.2) is 4.79 Å². The van der Waals surface area contributed by atoms with E-state index in [0.717, 1.165) is 16.5 Å². The Morgan fingerprint density at radius 2 is 1.88 bits per heavy atom. The van der Waals surface area contributed by atoms with Crippen molar-refractivity contribution in [1.29, 1.82) is 0 Å². The molecule has 0 bridgehead atoms. The Labute approximate surface area is 151 Å². The van der Waals surface area contributed by atoms with Crippen LogP contribution in [0, 0.1) is 6.92 Å². The minimum atomic E-state index is -1.01. The lowest BCUT2D eigenvalue weighted by molar-refractivity contribution is -0.141. The van der Waals surface area contributed by atoms with Crippen LogP contribution in [0.4, 0.5) is 0 Å². The van der Waals surface area contributed by atoms with Crippen molar-refractivity contribution in [2.24, 2.45) is 0 Å². The average Bonchev–Trinajstić information content (AvgIpc) is 2.64.